The van der Waals surface area contributed by atoms with Crippen LogP contribution in [0.2, 0.25) is 0 Å². The van der Waals surface area contributed by atoms with Crippen molar-refractivity contribution in [1.82, 2.24) is 5.32 Å². The fraction of sp³-hybridized carbons (Fsp3) is 0.789. The van der Waals surface area contributed by atoms with Gasteiger partial charge < -0.3 is 9.73 Å². The van der Waals surface area contributed by atoms with Crippen LogP contribution in [0.1, 0.15) is 77.0 Å². The van der Waals surface area contributed by atoms with Crippen LogP contribution >= 0.6 is 0 Å². The molecule has 0 aliphatic heterocycles. The molecule has 0 amide bonds. The molecular weight excluding hydrogens is 258 g/mol. The lowest BCUT2D eigenvalue weighted by molar-refractivity contribution is 0.216. The smallest absolute Gasteiger partial charge is 0.109 e. The first-order chi connectivity index (χ1) is 9.65. The van der Waals surface area contributed by atoms with Gasteiger partial charge in [0.15, 0.2) is 0 Å². The van der Waals surface area contributed by atoms with Crippen LogP contribution in [0.25, 0.3) is 0 Å². The van der Waals surface area contributed by atoms with Gasteiger partial charge in [0.2, 0.25) is 0 Å². The van der Waals surface area contributed by atoms with Crippen LogP contribution in [0.15, 0.2) is 10.5 Å². The van der Waals surface area contributed by atoms with Crippen LogP contribution in [-0.4, -0.2) is 6.04 Å². The largest absolute Gasteiger partial charge is 0.466 e. The first kappa shape index (κ1) is 15.1. The van der Waals surface area contributed by atoms with Gasteiger partial charge in [-0.15, -0.1) is 0 Å². The fourth-order valence-corrected chi connectivity index (χ4v) is 4.71. The lowest BCUT2D eigenvalue weighted by atomic mass is 9.74. The second-order valence-electron chi connectivity index (χ2n) is 9.16. The van der Waals surface area contributed by atoms with Gasteiger partial charge in [0.1, 0.15) is 11.5 Å². The highest BCUT2D eigenvalue weighted by Crippen LogP contribution is 2.45. The molecule has 0 radical (unpaired) electrons. The van der Waals surface area contributed by atoms with Gasteiger partial charge in [0.25, 0.3) is 0 Å². The van der Waals surface area contributed by atoms with Gasteiger partial charge in [-0.25, -0.2) is 0 Å². The summed E-state index contributed by atoms with van der Waals surface area (Å²) in [6.07, 6.45) is 4.90. The number of hydrogen-bond donors (Lipinski definition) is 1. The van der Waals surface area contributed by atoms with Crippen molar-refractivity contribution in [1.29, 1.82) is 0 Å². The maximum atomic E-state index is 5.96. The summed E-state index contributed by atoms with van der Waals surface area (Å²) in [5.74, 6) is 3.04. The van der Waals surface area contributed by atoms with Gasteiger partial charge in [0, 0.05) is 24.1 Å². The molecule has 0 saturated heterocycles. The second-order valence-corrected chi connectivity index (χ2v) is 9.16. The third-order valence-electron chi connectivity index (χ3n) is 5.49. The summed E-state index contributed by atoms with van der Waals surface area (Å²) in [5.41, 5.74) is 2.23. The Kier molecular flexibility index (Phi) is 3.52. The molecule has 3 atom stereocenters. The summed E-state index contributed by atoms with van der Waals surface area (Å²) in [6.45, 7) is 14.0. The van der Waals surface area contributed by atoms with Crippen molar-refractivity contribution in [3.05, 3.63) is 23.2 Å². The van der Waals surface area contributed by atoms with Gasteiger partial charge in [-0.2, -0.15) is 0 Å². The van der Waals surface area contributed by atoms with E-state index < -0.39 is 0 Å². The molecule has 2 nitrogen and oxygen atoms in total. The van der Waals surface area contributed by atoms with Crippen molar-refractivity contribution in [2.75, 3.05) is 0 Å². The Morgan fingerprint density at radius 1 is 1.10 bits per heavy atom. The maximum Gasteiger partial charge on any atom is 0.109 e. The summed E-state index contributed by atoms with van der Waals surface area (Å²) >= 11 is 0. The number of furan rings is 1. The molecule has 1 N–H and O–H groups in total. The highest BCUT2D eigenvalue weighted by atomic mass is 16.3. The summed E-state index contributed by atoms with van der Waals surface area (Å²) in [5, 5.41) is 3.99. The van der Waals surface area contributed by atoms with Crippen LogP contribution in [-0.2, 0) is 6.42 Å². The zero-order chi connectivity index (χ0) is 15.4. The molecular formula is C19H31NO. The Hall–Kier alpha value is -0.760. The van der Waals surface area contributed by atoms with Crippen molar-refractivity contribution in [3.8, 4) is 0 Å². The van der Waals surface area contributed by atoms with Crippen LogP contribution in [0.3, 0.4) is 0 Å². The van der Waals surface area contributed by atoms with Gasteiger partial charge in [0.05, 0.1) is 0 Å². The van der Waals surface area contributed by atoms with E-state index in [1.54, 1.807) is 0 Å². The topological polar surface area (TPSA) is 25.2 Å². The summed E-state index contributed by atoms with van der Waals surface area (Å²) in [7, 11) is 0. The minimum atomic E-state index is 0.326. The molecule has 118 valence electrons. The molecule has 3 rings (SSSR count). The number of hydrogen-bond acceptors (Lipinski definition) is 2. The third kappa shape index (κ3) is 3.06. The Labute approximate surface area is 129 Å². The minimum absolute atomic E-state index is 0.326. The van der Waals surface area contributed by atoms with Gasteiger partial charge in [-0.3, -0.25) is 0 Å². The molecule has 1 saturated carbocycles. The summed E-state index contributed by atoms with van der Waals surface area (Å²) in [6, 6.07) is 3.36. The van der Waals surface area contributed by atoms with E-state index in [0.29, 0.717) is 22.9 Å². The standard InChI is InChI=1S/C19H31NO/c1-12-8-18(3,4)9-15(12)20-16-10-19(5,6)11-17-14(16)7-13(2)21-17/h7,12,15-16,20H,8-11H2,1-6H3. The minimum Gasteiger partial charge on any atom is -0.466 e. The monoisotopic (exact) mass is 289 g/mol. The average molecular weight is 289 g/mol. The zero-order valence-corrected chi connectivity index (χ0v) is 14.5. The molecule has 21 heavy (non-hydrogen) atoms. The first-order valence-electron chi connectivity index (χ1n) is 8.50. The predicted octanol–water partition coefficient (Wildman–Crippen LogP) is 5.02. The molecule has 2 heteroatoms. The van der Waals surface area contributed by atoms with Crippen LogP contribution < -0.4 is 5.32 Å². The normalized spacial score (nSPS) is 33.9. The number of rotatable bonds is 2. The highest BCUT2D eigenvalue weighted by molar-refractivity contribution is 5.29. The Morgan fingerprint density at radius 3 is 2.43 bits per heavy atom. The van der Waals surface area contributed by atoms with Crippen LogP contribution in [0.4, 0.5) is 0 Å². The molecule has 0 spiro atoms. The van der Waals surface area contributed by atoms with E-state index >= 15 is 0 Å². The van der Waals surface area contributed by atoms with Gasteiger partial charge in [-0.05, 0) is 49.0 Å². The summed E-state index contributed by atoms with van der Waals surface area (Å²) < 4.78 is 5.96. The van der Waals surface area contributed by atoms with Crippen molar-refractivity contribution in [2.24, 2.45) is 16.7 Å². The molecule has 1 aromatic rings. The SMILES string of the molecule is Cc1cc2c(o1)CC(C)(C)CC2NC1CC(C)(C)CC1C. The first-order valence-corrected chi connectivity index (χ1v) is 8.50. The molecule has 2 aliphatic rings. The van der Waals surface area contributed by atoms with Crippen molar-refractivity contribution in [2.45, 2.75) is 79.3 Å². The zero-order valence-electron chi connectivity index (χ0n) is 14.5. The van der Waals surface area contributed by atoms with E-state index in [1.165, 1.54) is 30.6 Å². The second kappa shape index (κ2) is 4.87. The van der Waals surface area contributed by atoms with Crippen LogP contribution in [0, 0.1) is 23.7 Å². The Balaban J connectivity index is 1.82. The third-order valence-corrected chi connectivity index (χ3v) is 5.49. The number of aryl methyl sites for hydroxylation is 1. The van der Waals surface area contributed by atoms with E-state index in [4.69, 9.17) is 4.42 Å². The highest BCUT2D eigenvalue weighted by Gasteiger charge is 2.40. The van der Waals surface area contributed by atoms with Gasteiger partial charge >= 0.3 is 0 Å². The van der Waals surface area contributed by atoms with E-state index in [2.05, 4.69) is 52.9 Å². The van der Waals surface area contributed by atoms with E-state index in [9.17, 15) is 0 Å². The average Bonchev–Trinajstić information content (AvgIpc) is 2.76. The number of nitrogens with one attached hydrogen (secondary N) is 1. The molecule has 3 unspecified atom stereocenters. The quantitative estimate of drug-likeness (QED) is 0.827. The maximum absolute atomic E-state index is 5.96. The van der Waals surface area contributed by atoms with E-state index in [0.717, 1.165) is 18.1 Å². The predicted molar refractivity (Wildman–Crippen MR) is 87.4 cm³/mol. The Bertz CT molecular complexity index is 526. The molecule has 0 aromatic carbocycles. The molecule has 2 aliphatic carbocycles. The lowest BCUT2D eigenvalue weighted by Crippen LogP contribution is -2.39. The van der Waals surface area contributed by atoms with E-state index in [1.807, 2.05) is 0 Å². The van der Waals surface area contributed by atoms with Crippen LogP contribution in [0.5, 0.6) is 0 Å². The lowest BCUT2D eigenvalue weighted by Gasteiger charge is -2.37. The van der Waals surface area contributed by atoms with Gasteiger partial charge in [-0.1, -0.05) is 34.6 Å². The van der Waals surface area contributed by atoms with Crippen molar-refractivity contribution < 1.29 is 4.42 Å². The molecule has 1 aromatic heterocycles. The Morgan fingerprint density at radius 2 is 1.81 bits per heavy atom. The summed E-state index contributed by atoms with van der Waals surface area (Å²) in [4.78, 5) is 0. The molecule has 1 heterocycles. The fourth-order valence-electron chi connectivity index (χ4n) is 4.71. The molecule has 0 bridgehead atoms. The molecule has 1 fully saturated rings. The van der Waals surface area contributed by atoms with Crippen molar-refractivity contribution in [3.63, 3.8) is 0 Å². The van der Waals surface area contributed by atoms with E-state index in [-0.39, 0.29) is 0 Å². The van der Waals surface area contributed by atoms with Crippen molar-refractivity contribution >= 4 is 0 Å². The number of fused-ring (bicyclic) bond motifs is 1.